The maximum absolute atomic E-state index is 12.5. The number of aryl methyl sites for hydroxylation is 1. The fraction of sp³-hybridized carbons (Fsp3) is 0.421. The number of nitrogens with one attached hydrogen (secondary N) is 1. The lowest BCUT2D eigenvalue weighted by molar-refractivity contribution is -0.117. The molecule has 1 aromatic heterocycles. The minimum absolute atomic E-state index is 0.0953. The smallest absolute Gasteiger partial charge is 0.287 e. The van der Waals surface area contributed by atoms with Crippen molar-refractivity contribution in [2.45, 2.75) is 19.9 Å². The van der Waals surface area contributed by atoms with Gasteiger partial charge in [-0.05, 0) is 18.6 Å². The van der Waals surface area contributed by atoms with Crippen LogP contribution in [-0.2, 0) is 11.3 Å². The first-order chi connectivity index (χ1) is 13.8. The highest BCUT2D eigenvalue weighted by molar-refractivity contribution is 6.33. The Morgan fingerprint density at radius 2 is 1.93 bits per heavy atom. The van der Waals surface area contributed by atoms with Gasteiger partial charge in [0, 0.05) is 31.9 Å². The van der Waals surface area contributed by atoms with Crippen LogP contribution in [0, 0.1) is 6.92 Å². The molecule has 29 heavy (non-hydrogen) atoms. The molecule has 10 heteroatoms. The molecule has 0 spiro atoms. The summed E-state index contributed by atoms with van der Waals surface area (Å²) in [5.41, 5.74) is 1.48. The van der Waals surface area contributed by atoms with Gasteiger partial charge in [-0.15, -0.1) is 0 Å². The lowest BCUT2D eigenvalue weighted by Crippen LogP contribution is -2.49. The van der Waals surface area contributed by atoms with E-state index in [1.54, 1.807) is 0 Å². The molecular weight excluding hydrogens is 404 g/mol. The van der Waals surface area contributed by atoms with Gasteiger partial charge in [-0.25, -0.2) is 13.5 Å². The van der Waals surface area contributed by atoms with Gasteiger partial charge in [0.15, 0.2) is 0 Å². The van der Waals surface area contributed by atoms with Crippen LogP contribution < -0.4 is 15.8 Å². The Morgan fingerprint density at radius 1 is 1.24 bits per heavy atom. The zero-order chi connectivity index (χ0) is 21.0. The molecule has 1 aliphatic rings. The number of halogens is 3. The van der Waals surface area contributed by atoms with Crippen molar-refractivity contribution >= 4 is 28.9 Å². The summed E-state index contributed by atoms with van der Waals surface area (Å²) in [6.45, 7) is 3.66. The van der Waals surface area contributed by atoms with E-state index in [9.17, 15) is 18.4 Å². The van der Waals surface area contributed by atoms with Crippen LogP contribution in [0.25, 0.3) is 0 Å². The Balaban J connectivity index is 1.57. The van der Waals surface area contributed by atoms with Crippen molar-refractivity contribution in [2.75, 3.05) is 42.9 Å². The Hall–Kier alpha value is -2.52. The molecule has 3 rings (SSSR count). The first-order valence-electron chi connectivity index (χ1n) is 9.21. The lowest BCUT2D eigenvalue weighted by Gasteiger charge is -2.35. The topological polar surface area (TPSA) is 70.5 Å². The van der Waals surface area contributed by atoms with Gasteiger partial charge in [0.05, 0.1) is 18.4 Å². The average Bonchev–Trinajstić information content (AvgIpc) is 2.68. The molecule has 1 saturated heterocycles. The minimum Gasteiger partial charge on any atom is -0.366 e. The second-order valence-electron chi connectivity index (χ2n) is 6.85. The molecule has 2 heterocycles. The van der Waals surface area contributed by atoms with E-state index < -0.39 is 18.5 Å². The van der Waals surface area contributed by atoms with Crippen LogP contribution in [-0.4, -0.2) is 59.7 Å². The number of para-hydroxylation sites is 1. The first kappa shape index (κ1) is 21.2. The summed E-state index contributed by atoms with van der Waals surface area (Å²) in [7, 11) is 0. The van der Waals surface area contributed by atoms with Crippen molar-refractivity contribution in [1.82, 2.24) is 14.7 Å². The standard InChI is InChI=1S/C19H22ClF2N5O2/c1-13-4-2-3-5-14(13)24-17(28)12-25-6-8-26(9-7-25)15-10-23-27(11-16(21)22)19(29)18(15)20/h2-5,10,16H,6-9,11-12H2,1H3,(H,24,28). The van der Waals surface area contributed by atoms with Crippen molar-refractivity contribution in [3.63, 3.8) is 0 Å². The summed E-state index contributed by atoms with van der Waals surface area (Å²) in [5, 5.41) is 6.59. The molecule has 1 N–H and O–H groups in total. The first-order valence-corrected chi connectivity index (χ1v) is 9.59. The fourth-order valence-corrected chi connectivity index (χ4v) is 3.46. The molecular formula is C19H22ClF2N5O2. The quantitative estimate of drug-likeness (QED) is 0.768. The summed E-state index contributed by atoms with van der Waals surface area (Å²) in [5.74, 6) is -0.0953. The number of carbonyl (C=O) groups is 1. The fourth-order valence-electron chi connectivity index (χ4n) is 3.19. The van der Waals surface area contributed by atoms with Gasteiger partial charge in [0.1, 0.15) is 11.6 Å². The van der Waals surface area contributed by atoms with E-state index in [1.165, 1.54) is 6.20 Å². The summed E-state index contributed by atoms with van der Waals surface area (Å²) < 4.78 is 25.7. The monoisotopic (exact) mass is 425 g/mol. The number of rotatable bonds is 6. The van der Waals surface area contributed by atoms with Crippen molar-refractivity contribution in [1.29, 1.82) is 0 Å². The number of aromatic nitrogens is 2. The molecule has 0 bridgehead atoms. The number of amides is 1. The van der Waals surface area contributed by atoms with Crippen molar-refractivity contribution in [2.24, 2.45) is 0 Å². The van der Waals surface area contributed by atoms with Crippen molar-refractivity contribution in [3.05, 3.63) is 51.4 Å². The third kappa shape index (κ3) is 5.30. The minimum atomic E-state index is -2.68. The SMILES string of the molecule is Cc1ccccc1NC(=O)CN1CCN(c2cnn(CC(F)F)c(=O)c2Cl)CC1. The highest BCUT2D eigenvalue weighted by Gasteiger charge is 2.23. The maximum atomic E-state index is 12.5. The molecule has 0 aliphatic carbocycles. The number of carbonyl (C=O) groups excluding carboxylic acids is 1. The molecule has 0 atom stereocenters. The third-order valence-electron chi connectivity index (χ3n) is 4.78. The summed E-state index contributed by atoms with van der Waals surface area (Å²) in [6, 6.07) is 7.57. The van der Waals surface area contributed by atoms with Crippen LogP contribution in [0.4, 0.5) is 20.2 Å². The summed E-state index contributed by atoms with van der Waals surface area (Å²) >= 11 is 6.10. The number of benzene rings is 1. The van der Waals surface area contributed by atoms with Crippen molar-refractivity contribution in [3.8, 4) is 0 Å². The van der Waals surface area contributed by atoms with E-state index in [0.717, 1.165) is 11.3 Å². The Labute approximate surface area is 171 Å². The number of alkyl halides is 2. The van der Waals surface area contributed by atoms with Crippen LogP contribution in [0.5, 0.6) is 0 Å². The predicted octanol–water partition coefficient (Wildman–Crippen LogP) is 2.23. The molecule has 1 amide bonds. The Bertz CT molecular complexity index is 929. The largest absolute Gasteiger partial charge is 0.366 e. The maximum Gasteiger partial charge on any atom is 0.287 e. The molecule has 1 fully saturated rings. The van der Waals surface area contributed by atoms with Crippen LogP contribution in [0.1, 0.15) is 5.56 Å². The summed E-state index contributed by atoms with van der Waals surface area (Å²) in [4.78, 5) is 28.3. The zero-order valence-corrected chi connectivity index (χ0v) is 16.7. The zero-order valence-electron chi connectivity index (χ0n) is 15.9. The molecule has 7 nitrogen and oxygen atoms in total. The van der Waals surface area contributed by atoms with Gasteiger partial charge in [-0.3, -0.25) is 14.5 Å². The second-order valence-corrected chi connectivity index (χ2v) is 7.23. The van der Waals surface area contributed by atoms with E-state index in [-0.39, 0.29) is 17.5 Å². The van der Waals surface area contributed by atoms with E-state index in [2.05, 4.69) is 10.4 Å². The third-order valence-corrected chi connectivity index (χ3v) is 5.13. The average molecular weight is 426 g/mol. The van der Waals surface area contributed by atoms with Crippen LogP contribution in [0.2, 0.25) is 5.02 Å². The van der Waals surface area contributed by atoms with Gasteiger partial charge in [0.2, 0.25) is 5.91 Å². The van der Waals surface area contributed by atoms with Gasteiger partial charge >= 0.3 is 0 Å². The Kier molecular flexibility index (Phi) is 6.81. The van der Waals surface area contributed by atoms with Gasteiger partial charge in [-0.1, -0.05) is 29.8 Å². The van der Waals surface area contributed by atoms with E-state index >= 15 is 0 Å². The molecule has 0 saturated carbocycles. The number of piperazine rings is 1. The number of anilines is 2. The Morgan fingerprint density at radius 3 is 2.59 bits per heavy atom. The summed E-state index contributed by atoms with van der Waals surface area (Å²) in [6.07, 6.45) is -1.34. The highest BCUT2D eigenvalue weighted by Crippen LogP contribution is 2.22. The normalized spacial score (nSPS) is 15.0. The molecule has 0 radical (unpaired) electrons. The van der Waals surface area contributed by atoms with Crippen molar-refractivity contribution < 1.29 is 13.6 Å². The van der Waals surface area contributed by atoms with Gasteiger partial charge < -0.3 is 10.2 Å². The number of hydrogen-bond acceptors (Lipinski definition) is 5. The molecule has 1 aromatic carbocycles. The van der Waals surface area contributed by atoms with Gasteiger partial charge in [0.25, 0.3) is 12.0 Å². The number of hydrogen-bond donors (Lipinski definition) is 1. The van der Waals surface area contributed by atoms with E-state index in [4.69, 9.17) is 11.6 Å². The number of nitrogens with zero attached hydrogens (tertiary/aromatic N) is 4. The van der Waals surface area contributed by atoms with Crippen LogP contribution in [0.15, 0.2) is 35.3 Å². The predicted molar refractivity (Wildman–Crippen MR) is 108 cm³/mol. The second kappa shape index (κ2) is 9.32. The van der Waals surface area contributed by atoms with E-state index in [0.29, 0.717) is 36.5 Å². The van der Waals surface area contributed by atoms with Crippen LogP contribution in [0.3, 0.4) is 0 Å². The lowest BCUT2D eigenvalue weighted by atomic mass is 10.2. The van der Waals surface area contributed by atoms with Crippen LogP contribution >= 0.6 is 11.6 Å². The molecule has 156 valence electrons. The van der Waals surface area contributed by atoms with Gasteiger partial charge in [-0.2, -0.15) is 5.10 Å². The molecule has 2 aromatic rings. The molecule has 1 aliphatic heterocycles. The molecule has 0 unspecified atom stereocenters. The van der Waals surface area contributed by atoms with E-state index in [1.807, 2.05) is 41.0 Å². The highest BCUT2D eigenvalue weighted by atomic mass is 35.5.